The largest absolute Gasteiger partial charge is 0.483 e. The highest BCUT2D eigenvalue weighted by atomic mass is 32.1. The van der Waals surface area contributed by atoms with E-state index in [4.69, 9.17) is 4.74 Å². The number of ether oxygens (including phenoxy) is 1. The number of rotatable bonds is 7. The highest BCUT2D eigenvalue weighted by molar-refractivity contribution is 7.09. The molecule has 2 aromatic carbocycles. The van der Waals surface area contributed by atoms with Crippen molar-refractivity contribution in [2.45, 2.75) is 58.2 Å². The van der Waals surface area contributed by atoms with Gasteiger partial charge in [-0.3, -0.25) is 4.79 Å². The molecule has 9 heteroatoms. The van der Waals surface area contributed by atoms with Gasteiger partial charge < -0.3 is 20.7 Å². The van der Waals surface area contributed by atoms with Crippen molar-refractivity contribution in [1.82, 2.24) is 15.6 Å². The van der Waals surface area contributed by atoms with Gasteiger partial charge in [-0.25, -0.2) is 14.2 Å². The fourth-order valence-corrected chi connectivity index (χ4v) is 4.80. The number of aryl methyl sites for hydroxylation is 1. The maximum absolute atomic E-state index is 13.7. The summed E-state index contributed by atoms with van der Waals surface area (Å²) in [4.78, 5) is 29.9. The molecule has 7 nitrogen and oxygen atoms in total. The van der Waals surface area contributed by atoms with E-state index in [1.165, 1.54) is 17.4 Å². The average molecular weight is 497 g/mol. The van der Waals surface area contributed by atoms with E-state index in [-0.39, 0.29) is 42.1 Å². The van der Waals surface area contributed by atoms with E-state index in [1.54, 1.807) is 23.6 Å². The Morgan fingerprint density at radius 1 is 1.06 bits per heavy atom. The summed E-state index contributed by atoms with van der Waals surface area (Å²) in [6, 6.07) is 11.3. The molecule has 0 unspecified atom stereocenters. The van der Waals surface area contributed by atoms with Gasteiger partial charge in [0.25, 0.3) is 5.91 Å². The van der Waals surface area contributed by atoms with Gasteiger partial charge in [0.15, 0.2) is 11.6 Å². The topological polar surface area (TPSA) is 92.4 Å². The summed E-state index contributed by atoms with van der Waals surface area (Å²) in [5.41, 5.74) is 3.18. The molecule has 1 heterocycles. The maximum atomic E-state index is 13.7. The summed E-state index contributed by atoms with van der Waals surface area (Å²) in [7, 11) is 0. The van der Waals surface area contributed by atoms with Crippen molar-refractivity contribution in [2.75, 3.05) is 5.32 Å². The summed E-state index contributed by atoms with van der Waals surface area (Å²) >= 11 is 1.28. The van der Waals surface area contributed by atoms with E-state index in [0.29, 0.717) is 5.01 Å². The van der Waals surface area contributed by atoms with Crippen LogP contribution in [-0.4, -0.2) is 29.0 Å². The van der Waals surface area contributed by atoms with E-state index in [2.05, 4.69) is 20.9 Å². The number of anilines is 1. The molecule has 1 aromatic heterocycles. The van der Waals surface area contributed by atoms with Crippen LogP contribution >= 0.6 is 11.3 Å². The molecule has 0 radical (unpaired) electrons. The summed E-state index contributed by atoms with van der Waals surface area (Å²) in [5.74, 6) is -0.601. The summed E-state index contributed by atoms with van der Waals surface area (Å²) in [6.07, 6.45) is 3.51. The molecule has 1 fully saturated rings. The third-order valence-electron chi connectivity index (χ3n) is 6.22. The standard InChI is InChI=1S/C26H29FN4O3S/c1-16-8-7-12-19(17(16)2)30-26(33)31-21-11-5-4-10-20(21)29-25(32)22-15-35-24(28-22)14-34-23-13-6-3-9-18(23)27/h3,6-9,12-13,15,20-21H,4-5,10-11,14H2,1-2H3,(H,29,32)(H2,30,31,33)/t20-,21-/m0/s1. The fourth-order valence-electron chi connectivity index (χ4n) is 4.11. The van der Waals surface area contributed by atoms with Gasteiger partial charge in [-0.05, 0) is 56.0 Å². The minimum Gasteiger partial charge on any atom is -0.483 e. The second-order valence-electron chi connectivity index (χ2n) is 8.66. The van der Waals surface area contributed by atoms with Crippen LogP contribution < -0.4 is 20.7 Å². The molecule has 0 saturated heterocycles. The van der Waals surface area contributed by atoms with E-state index >= 15 is 0 Å². The maximum Gasteiger partial charge on any atom is 0.319 e. The first-order valence-electron chi connectivity index (χ1n) is 11.7. The van der Waals surface area contributed by atoms with E-state index in [0.717, 1.165) is 42.5 Å². The van der Waals surface area contributed by atoms with Gasteiger partial charge in [0.1, 0.15) is 17.3 Å². The summed E-state index contributed by atoms with van der Waals surface area (Å²) < 4.78 is 19.2. The molecule has 3 aromatic rings. The van der Waals surface area contributed by atoms with Crippen LogP contribution in [0.1, 0.15) is 52.3 Å². The first kappa shape index (κ1) is 24.7. The lowest BCUT2D eigenvalue weighted by Gasteiger charge is -2.32. The fraction of sp³-hybridized carbons (Fsp3) is 0.346. The highest BCUT2D eigenvalue weighted by Gasteiger charge is 2.29. The molecular weight excluding hydrogens is 467 g/mol. The normalized spacial score (nSPS) is 17.5. The second kappa shape index (κ2) is 11.3. The number of hydrogen-bond donors (Lipinski definition) is 3. The van der Waals surface area contributed by atoms with Gasteiger partial charge >= 0.3 is 6.03 Å². The first-order valence-corrected chi connectivity index (χ1v) is 12.5. The van der Waals surface area contributed by atoms with Crippen LogP contribution in [0.3, 0.4) is 0 Å². The molecule has 0 aliphatic heterocycles. The van der Waals surface area contributed by atoms with Gasteiger partial charge in [-0.1, -0.05) is 37.1 Å². The third-order valence-corrected chi connectivity index (χ3v) is 7.05. The smallest absolute Gasteiger partial charge is 0.319 e. The first-order chi connectivity index (χ1) is 16.9. The highest BCUT2D eigenvalue weighted by Crippen LogP contribution is 2.22. The van der Waals surface area contributed by atoms with Crippen molar-refractivity contribution in [3.05, 3.63) is 75.5 Å². The molecule has 0 bridgehead atoms. The minimum absolute atomic E-state index is 0.0744. The van der Waals surface area contributed by atoms with Crippen molar-refractivity contribution in [3.8, 4) is 5.75 Å². The van der Waals surface area contributed by atoms with Crippen LogP contribution in [0.2, 0.25) is 0 Å². The van der Waals surface area contributed by atoms with Crippen LogP contribution in [0, 0.1) is 19.7 Å². The number of thiazole rings is 1. The van der Waals surface area contributed by atoms with E-state index < -0.39 is 5.82 Å². The lowest BCUT2D eigenvalue weighted by Crippen LogP contribution is -2.54. The van der Waals surface area contributed by atoms with Crippen molar-refractivity contribution in [3.63, 3.8) is 0 Å². The van der Waals surface area contributed by atoms with Crippen LogP contribution in [0.4, 0.5) is 14.9 Å². The number of carbonyl (C=O) groups is 2. The summed E-state index contributed by atoms with van der Waals surface area (Å²) in [6.45, 7) is 4.05. The number of para-hydroxylation sites is 1. The molecule has 4 rings (SSSR count). The van der Waals surface area contributed by atoms with Gasteiger partial charge in [0.2, 0.25) is 0 Å². The number of urea groups is 1. The van der Waals surface area contributed by atoms with Gasteiger partial charge in [0, 0.05) is 17.1 Å². The summed E-state index contributed by atoms with van der Waals surface area (Å²) in [5, 5.41) is 11.2. The van der Waals surface area contributed by atoms with Crippen LogP contribution in [0.25, 0.3) is 0 Å². The SMILES string of the molecule is Cc1cccc(NC(=O)N[C@H]2CCCC[C@@H]2NC(=O)c2csc(COc3ccccc3F)n2)c1C. The van der Waals surface area contributed by atoms with E-state index in [9.17, 15) is 14.0 Å². The van der Waals surface area contributed by atoms with Gasteiger partial charge in [-0.2, -0.15) is 0 Å². The number of nitrogens with zero attached hydrogens (tertiary/aromatic N) is 1. The molecule has 2 atom stereocenters. The Labute approximate surface area is 208 Å². The number of nitrogens with one attached hydrogen (secondary N) is 3. The number of carbonyl (C=O) groups excluding carboxylic acids is 2. The third kappa shape index (κ3) is 6.36. The number of amides is 3. The molecule has 1 saturated carbocycles. The number of benzene rings is 2. The van der Waals surface area contributed by atoms with Gasteiger partial charge in [0.05, 0.1) is 6.04 Å². The monoisotopic (exact) mass is 496 g/mol. The Kier molecular flexibility index (Phi) is 7.97. The molecule has 1 aliphatic carbocycles. The van der Waals surface area contributed by atoms with Crippen LogP contribution in [0.5, 0.6) is 5.75 Å². The molecule has 3 N–H and O–H groups in total. The van der Waals surface area contributed by atoms with Crippen molar-refractivity contribution < 1.29 is 18.7 Å². The molecule has 184 valence electrons. The Morgan fingerprint density at radius 2 is 1.80 bits per heavy atom. The quantitative estimate of drug-likeness (QED) is 0.412. The lowest BCUT2D eigenvalue weighted by molar-refractivity contribution is 0.0911. The second-order valence-corrected chi connectivity index (χ2v) is 9.61. The van der Waals surface area contributed by atoms with Crippen molar-refractivity contribution >= 4 is 29.0 Å². The average Bonchev–Trinajstić information content (AvgIpc) is 3.32. The zero-order valence-corrected chi connectivity index (χ0v) is 20.6. The molecule has 0 spiro atoms. The number of aromatic nitrogens is 1. The Morgan fingerprint density at radius 3 is 2.57 bits per heavy atom. The minimum atomic E-state index is -0.445. The zero-order chi connectivity index (χ0) is 24.8. The Bertz CT molecular complexity index is 1200. The number of halogens is 1. The van der Waals surface area contributed by atoms with Crippen molar-refractivity contribution in [1.29, 1.82) is 0 Å². The van der Waals surface area contributed by atoms with Crippen LogP contribution in [0.15, 0.2) is 47.8 Å². The molecule has 3 amide bonds. The van der Waals surface area contributed by atoms with Crippen molar-refractivity contribution in [2.24, 2.45) is 0 Å². The van der Waals surface area contributed by atoms with E-state index in [1.807, 2.05) is 32.0 Å². The number of hydrogen-bond acceptors (Lipinski definition) is 5. The Hall–Kier alpha value is -3.46. The zero-order valence-electron chi connectivity index (χ0n) is 19.8. The van der Waals surface area contributed by atoms with Crippen LogP contribution in [-0.2, 0) is 6.61 Å². The Balaban J connectivity index is 1.33. The molecule has 1 aliphatic rings. The predicted octanol–water partition coefficient (Wildman–Crippen LogP) is 5.34. The van der Waals surface area contributed by atoms with Gasteiger partial charge in [-0.15, -0.1) is 11.3 Å². The molecular formula is C26H29FN4O3S. The predicted molar refractivity (Wildman–Crippen MR) is 134 cm³/mol. The molecule has 35 heavy (non-hydrogen) atoms. The lowest BCUT2D eigenvalue weighted by atomic mass is 9.90.